The van der Waals surface area contributed by atoms with Gasteiger partial charge in [-0.15, -0.1) is 0 Å². The highest BCUT2D eigenvalue weighted by atomic mass is 35.5. The largest absolute Gasteiger partial charge is 0.465 e. The summed E-state index contributed by atoms with van der Waals surface area (Å²) in [6.45, 7) is 3.19. The Bertz CT molecular complexity index is 1030. The van der Waals surface area contributed by atoms with Gasteiger partial charge < -0.3 is 5.11 Å². The average Bonchev–Trinajstić information content (AvgIpc) is 2.60. The van der Waals surface area contributed by atoms with E-state index in [9.17, 15) is 19.5 Å². The molecule has 10 heteroatoms. The van der Waals surface area contributed by atoms with Crippen molar-refractivity contribution in [1.82, 2.24) is 9.78 Å². The molecule has 0 saturated heterocycles. The third-order valence-corrected chi connectivity index (χ3v) is 4.57. The van der Waals surface area contributed by atoms with Gasteiger partial charge in [-0.1, -0.05) is 37.0 Å². The predicted molar refractivity (Wildman–Crippen MR) is 104 cm³/mol. The first-order valence-electron chi connectivity index (χ1n) is 8.07. The Labute approximate surface area is 170 Å². The number of benzene rings is 1. The SMILES string of the molecule is CC(C)c1cc(C(=O)c2c(Cl)cc(N(CC#N)C(=O)O)cc2Cl)nn(C)c1=O. The molecule has 1 aromatic carbocycles. The fraction of sp³-hybridized carbons (Fsp3) is 0.278. The maximum Gasteiger partial charge on any atom is 0.412 e. The van der Waals surface area contributed by atoms with Crippen LogP contribution in [0.25, 0.3) is 0 Å². The molecule has 0 saturated carbocycles. The lowest BCUT2D eigenvalue weighted by Gasteiger charge is -2.18. The molecule has 1 aromatic heterocycles. The van der Waals surface area contributed by atoms with Crippen molar-refractivity contribution in [2.45, 2.75) is 19.8 Å². The molecule has 0 fully saturated rings. The summed E-state index contributed by atoms with van der Waals surface area (Å²) in [6.07, 6.45) is -1.37. The number of aryl methyl sites for hydroxylation is 1. The second kappa shape index (κ2) is 8.42. The molecule has 1 amide bonds. The first-order valence-corrected chi connectivity index (χ1v) is 8.83. The third-order valence-electron chi connectivity index (χ3n) is 3.97. The Morgan fingerprint density at radius 2 is 1.86 bits per heavy atom. The Morgan fingerprint density at radius 3 is 2.32 bits per heavy atom. The number of hydrogen-bond donors (Lipinski definition) is 1. The van der Waals surface area contributed by atoms with Gasteiger partial charge in [-0.3, -0.25) is 14.5 Å². The van der Waals surface area contributed by atoms with Crippen molar-refractivity contribution in [2.24, 2.45) is 7.05 Å². The van der Waals surface area contributed by atoms with Crippen LogP contribution in [0, 0.1) is 11.3 Å². The van der Waals surface area contributed by atoms with Gasteiger partial charge in [-0.2, -0.15) is 10.4 Å². The smallest absolute Gasteiger partial charge is 0.412 e. The van der Waals surface area contributed by atoms with Crippen molar-refractivity contribution in [1.29, 1.82) is 5.26 Å². The molecule has 0 aliphatic rings. The molecule has 0 spiro atoms. The van der Waals surface area contributed by atoms with Crippen LogP contribution < -0.4 is 10.5 Å². The maximum atomic E-state index is 12.9. The number of rotatable bonds is 5. The summed E-state index contributed by atoms with van der Waals surface area (Å²) in [5.74, 6) is -0.738. The number of ketones is 1. The van der Waals surface area contributed by atoms with Crippen LogP contribution in [0.1, 0.15) is 41.4 Å². The molecule has 8 nitrogen and oxygen atoms in total. The fourth-order valence-electron chi connectivity index (χ4n) is 2.56. The van der Waals surface area contributed by atoms with Gasteiger partial charge in [0.2, 0.25) is 5.78 Å². The van der Waals surface area contributed by atoms with E-state index in [2.05, 4.69) is 5.10 Å². The molecular weight excluding hydrogens is 407 g/mol. The van der Waals surface area contributed by atoms with Crippen LogP contribution in [0.2, 0.25) is 10.0 Å². The highest BCUT2D eigenvalue weighted by molar-refractivity contribution is 6.41. The van der Waals surface area contributed by atoms with Gasteiger partial charge in [0.1, 0.15) is 12.2 Å². The molecule has 0 aliphatic heterocycles. The number of amides is 1. The molecule has 1 N–H and O–H groups in total. The number of aromatic nitrogens is 2. The molecule has 0 radical (unpaired) electrons. The minimum atomic E-state index is -1.37. The standard InChI is InChI=1S/C18H16Cl2N4O4/c1-9(2)11-8-14(22-23(3)17(11)26)16(25)15-12(19)6-10(7-13(15)20)24(5-4-21)18(27)28/h6-9H,5H2,1-3H3,(H,27,28). The molecular formula is C18H16Cl2N4O4. The van der Waals surface area contributed by atoms with Gasteiger partial charge in [-0.25, -0.2) is 9.48 Å². The van der Waals surface area contributed by atoms with Crippen molar-refractivity contribution in [2.75, 3.05) is 11.4 Å². The van der Waals surface area contributed by atoms with Crippen LogP contribution in [-0.2, 0) is 7.05 Å². The minimum absolute atomic E-state index is 0.0190. The number of anilines is 1. The zero-order chi connectivity index (χ0) is 21.2. The normalized spacial score (nSPS) is 10.6. The first-order chi connectivity index (χ1) is 13.1. The van der Waals surface area contributed by atoms with E-state index in [-0.39, 0.29) is 38.5 Å². The Balaban J connectivity index is 2.58. The topological polar surface area (TPSA) is 116 Å². The fourth-order valence-corrected chi connectivity index (χ4v) is 3.20. The summed E-state index contributed by atoms with van der Waals surface area (Å²) in [5, 5.41) is 21.8. The van der Waals surface area contributed by atoms with Crippen molar-refractivity contribution in [3.05, 3.63) is 55.4 Å². The van der Waals surface area contributed by atoms with Crippen molar-refractivity contribution < 1.29 is 14.7 Å². The number of halogens is 2. The van der Waals surface area contributed by atoms with Gasteiger partial charge >= 0.3 is 6.09 Å². The van der Waals surface area contributed by atoms with Crippen LogP contribution in [-0.4, -0.2) is 33.3 Å². The van der Waals surface area contributed by atoms with Crippen LogP contribution in [0.4, 0.5) is 10.5 Å². The predicted octanol–water partition coefficient (Wildman–Crippen LogP) is 3.45. The number of nitrogens with zero attached hydrogens (tertiary/aromatic N) is 4. The van der Waals surface area contributed by atoms with E-state index in [0.717, 1.165) is 9.58 Å². The summed E-state index contributed by atoms with van der Waals surface area (Å²) >= 11 is 12.4. The average molecular weight is 423 g/mol. The van der Waals surface area contributed by atoms with Crippen LogP contribution >= 0.6 is 23.2 Å². The Hall–Kier alpha value is -2.89. The van der Waals surface area contributed by atoms with E-state index in [1.54, 1.807) is 6.07 Å². The molecule has 0 atom stereocenters. The molecule has 2 rings (SSSR count). The summed E-state index contributed by atoms with van der Waals surface area (Å²) in [6, 6.07) is 5.59. The first kappa shape index (κ1) is 21.4. The van der Waals surface area contributed by atoms with Crippen molar-refractivity contribution >= 4 is 40.8 Å². The molecule has 146 valence electrons. The van der Waals surface area contributed by atoms with Crippen molar-refractivity contribution in [3.63, 3.8) is 0 Å². The highest BCUT2D eigenvalue weighted by Crippen LogP contribution is 2.32. The molecule has 1 heterocycles. The van der Waals surface area contributed by atoms with Gasteiger partial charge in [-0.05, 0) is 24.1 Å². The lowest BCUT2D eigenvalue weighted by Crippen LogP contribution is -2.29. The van der Waals surface area contributed by atoms with Crippen LogP contribution in [0.5, 0.6) is 0 Å². The maximum absolute atomic E-state index is 12.9. The molecule has 0 bridgehead atoms. The molecule has 0 unspecified atom stereocenters. The monoisotopic (exact) mass is 422 g/mol. The van der Waals surface area contributed by atoms with E-state index >= 15 is 0 Å². The summed E-state index contributed by atoms with van der Waals surface area (Å²) in [7, 11) is 1.43. The summed E-state index contributed by atoms with van der Waals surface area (Å²) in [5.41, 5.74) is 0.0603. The number of carboxylic acid groups (broad SMARTS) is 1. The van der Waals surface area contributed by atoms with Crippen LogP contribution in [0.3, 0.4) is 0 Å². The second-order valence-corrected chi connectivity index (χ2v) is 7.02. The van der Waals surface area contributed by atoms with E-state index in [1.165, 1.54) is 25.2 Å². The number of carbonyl (C=O) groups is 2. The Morgan fingerprint density at radius 1 is 1.29 bits per heavy atom. The van der Waals surface area contributed by atoms with Gasteiger partial charge in [0.15, 0.2) is 0 Å². The quantitative estimate of drug-likeness (QED) is 0.582. The van der Waals surface area contributed by atoms with Gasteiger partial charge in [0.05, 0.1) is 27.4 Å². The lowest BCUT2D eigenvalue weighted by molar-refractivity contribution is 0.103. The zero-order valence-corrected chi connectivity index (χ0v) is 16.7. The van der Waals surface area contributed by atoms with E-state index in [4.69, 9.17) is 28.5 Å². The second-order valence-electron chi connectivity index (χ2n) is 6.21. The summed E-state index contributed by atoms with van der Waals surface area (Å²) < 4.78 is 1.07. The molecule has 2 aromatic rings. The van der Waals surface area contributed by atoms with Gasteiger partial charge in [0.25, 0.3) is 5.56 Å². The number of nitriles is 1. The third kappa shape index (κ3) is 4.16. The van der Waals surface area contributed by atoms with Crippen LogP contribution in [0.15, 0.2) is 23.0 Å². The van der Waals surface area contributed by atoms with Gasteiger partial charge in [0, 0.05) is 12.6 Å². The Kier molecular flexibility index (Phi) is 6.44. The van der Waals surface area contributed by atoms with E-state index < -0.39 is 18.4 Å². The number of carbonyl (C=O) groups excluding carboxylic acids is 1. The van der Waals surface area contributed by atoms with E-state index in [0.29, 0.717) is 5.56 Å². The van der Waals surface area contributed by atoms with E-state index in [1.807, 2.05) is 13.8 Å². The summed E-state index contributed by atoms with van der Waals surface area (Å²) in [4.78, 5) is 37.1. The molecule has 0 aliphatic carbocycles. The number of hydrogen-bond acceptors (Lipinski definition) is 5. The van der Waals surface area contributed by atoms with Crippen molar-refractivity contribution in [3.8, 4) is 6.07 Å². The zero-order valence-electron chi connectivity index (χ0n) is 15.2. The lowest BCUT2D eigenvalue weighted by atomic mass is 10.0. The minimum Gasteiger partial charge on any atom is -0.465 e. The highest BCUT2D eigenvalue weighted by Gasteiger charge is 2.24. The molecule has 28 heavy (non-hydrogen) atoms.